The molecule has 1 aliphatic rings. The van der Waals surface area contributed by atoms with Gasteiger partial charge in [0.15, 0.2) is 5.96 Å². The average molecular weight is 511 g/mol. The van der Waals surface area contributed by atoms with Crippen molar-refractivity contribution in [1.29, 1.82) is 0 Å². The summed E-state index contributed by atoms with van der Waals surface area (Å²) in [6, 6.07) is 10.3. The van der Waals surface area contributed by atoms with Crippen LogP contribution in [0.5, 0.6) is 11.5 Å². The molecule has 2 heterocycles. The van der Waals surface area contributed by atoms with E-state index in [2.05, 4.69) is 38.5 Å². The van der Waals surface area contributed by atoms with E-state index in [1.54, 1.807) is 21.3 Å². The molecule has 1 unspecified atom stereocenters. The molecule has 0 radical (unpaired) electrons. The number of pyridine rings is 1. The highest BCUT2D eigenvalue weighted by atomic mass is 127. The lowest BCUT2D eigenvalue weighted by molar-refractivity contribution is 0.394. The van der Waals surface area contributed by atoms with Gasteiger partial charge in [-0.25, -0.2) is 0 Å². The molecule has 1 saturated heterocycles. The fourth-order valence-corrected chi connectivity index (χ4v) is 3.35. The first kappa shape index (κ1) is 23.1. The Kier molecular flexibility index (Phi) is 8.81. The number of methoxy groups -OCH3 is 2. The third-order valence-corrected chi connectivity index (χ3v) is 5.00. The number of anilines is 1. The quantitative estimate of drug-likeness (QED) is 0.353. The number of aromatic nitrogens is 1. The molecule has 3 rings (SSSR count). The lowest BCUT2D eigenvalue weighted by Crippen LogP contribution is -2.44. The van der Waals surface area contributed by atoms with Crippen LogP contribution < -0.4 is 25.0 Å². The Labute approximate surface area is 189 Å². The fourth-order valence-electron chi connectivity index (χ4n) is 3.35. The highest BCUT2D eigenvalue weighted by molar-refractivity contribution is 14.0. The van der Waals surface area contributed by atoms with Gasteiger partial charge >= 0.3 is 0 Å². The number of nitrogens with one attached hydrogen (secondary N) is 2. The van der Waals surface area contributed by atoms with Crippen LogP contribution >= 0.6 is 24.0 Å². The molecule has 29 heavy (non-hydrogen) atoms. The van der Waals surface area contributed by atoms with E-state index in [1.165, 1.54) is 5.56 Å². The number of aryl methyl sites for hydroxylation is 1. The SMILES string of the molecule is CN=C(NCc1ncccc1C)NC1CCN(c2cc(OC)cc(OC)c2)C1.I. The van der Waals surface area contributed by atoms with Crippen molar-refractivity contribution in [3.8, 4) is 11.5 Å². The Balaban J connectivity index is 0.00000300. The topological polar surface area (TPSA) is 71.0 Å². The molecule has 1 atom stereocenters. The molecule has 0 amide bonds. The summed E-state index contributed by atoms with van der Waals surface area (Å²) in [7, 11) is 5.14. The number of halogens is 1. The van der Waals surface area contributed by atoms with Gasteiger partial charge in [0.25, 0.3) is 0 Å². The summed E-state index contributed by atoms with van der Waals surface area (Å²) in [6.45, 7) is 4.57. The Hall–Kier alpha value is -2.23. The van der Waals surface area contributed by atoms with E-state index in [-0.39, 0.29) is 24.0 Å². The Morgan fingerprint density at radius 2 is 1.97 bits per heavy atom. The monoisotopic (exact) mass is 511 g/mol. The predicted molar refractivity (Wildman–Crippen MR) is 128 cm³/mol. The van der Waals surface area contributed by atoms with Crippen LogP contribution in [-0.2, 0) is 6.54 Å². The third kappa shape index (κ3) is 6.12. The van der Waals surface area contributed by atoms with E-state index in [0.717, 1.165) is 48.4 Å². The molecule has 7 nitrogen and oxygen atoms in total. The molecule has 158 valence electrons. The van der Waals surface area contributed by atoms with Gasteiger partial charge in [0.1, 0.15) is 11.5 Å². The largest absolute Gasteiger partial charge is 0.497 e. The normalized spacial score (nSPS) is 16.2. The zero-order valence-corrected chi connectivity index (χ0v) is 19.8. The van der Waals surface area contributed by atoms with E-state index in [1.807, 2.05) is 30.5 Å². The number of hydrogen-bond acceptors (Lipinski definition) is 5. The molecule has 0 aliphatic carbocycles. The first-order valence-electron chi connectivity index (χ1n) is 9.48. The van der Waals surface area contributed by atoms with Gasteiger partial charge in [-0.3, -0.25) is 9.98 Å². The minimum atomic E-state index is 0. The lowest BCUT2D eigenvalue weighted by atomic mass is 10.2. The molecule has 2 aromatic rings. The van der Waals surface area contributed by atoms with Crippen molar-refractivity contribution in [3.05, 3.63) is 47.8 Å². The van der Waals surface area contributed by atoms with Crippen LogP contribution in [0.25, 0.3) is 0 Å². The maximum absolute atomic E-state index is 5.39. The van der Waals surface area contributed by atoms with Gasteiger partial charge < -0.3 is 25.0 Å². The van der Waals surface area contributed by atoms with Crippen molar-refractivity contribution in [2.24, 2.45) is 4.99 Å². The molecule has 8 heteroatoms. The van der Waals surface area contributed by atoms with Crippen LogP contribution in [0.1, 0.15) is 17.7 Å². The van der Waals surface area contributed by atoms with Gasteiger partial charge in [-0.05, 0) is 25.0 Å². The highest BCUT2D eigenvalue weighted by Gasteiger charge is 2.24. The van der Waals surface area contributed by atoms with E-state index in [0.29, 0.717) is 12.6 Å². The van der Waals surface area contributed by atoms with E-state index in [4.69, 9.17) is 9.47 Å². The second-order valence-corrected chi connectivity index (χ2v) is 6.84. The number of hydrogen-bond donors (Lipinski definition) is 2. The fraction of sp³-hybridized carbons (Fsp3) is 0.429. The number of rotatable bonds is 6. The minimum Gasteiger partial charge on any atom is -0.497 e. The molecule has 1 aromatic heterocycles. The van der Waals surface area contributed by atoms with E-state index in [9.17, 15) is 0 Å². The van der Waals surface area contributed by atoms with Crippen LogP contribution in [0, 0.1) is 6.92 Å². The van der Waals surface area contributed by atoms with Gasteiger partial charge in [-0.15, -0.1) is 24.0 Å². The van der Waals surface area contributed by atoms with Gasteiger partial charge in [-0.2, -0.15) is 0 Å². The molecule has 2 N–H and O–H groups in total. The van der Waals surface area contributed by atoms with Crippen molar-refractivity contribution in [2.45, 2.75) is 25.9 Å². The van der Waals surface area contributed by atoms with E-state index >= 15 is 0 Å². The van der Waals surface area contributed by atoms with Crippen molar-refractivity contribution in [3.63, 3.8) is 0 Å². The van der Waals surface area contributed by atoms with Crippen molar-refractivity contribution >= 4 is 35.6 Å². The van der Waals surface area contributed by atoms with Crippen LogP contribution in [0.3, 0.4) is 0 Å². The number of ether oxygens (including phenoxy) is 2. The maximum Gasteiger partial charge on any atom is 0.191 e. The van der Waals surface area contributed by atoms with Gasteiger partial charge in [0.2, 0.25) is 0 Å². The molecular formula is C21H30IN5O2. The predicted octanol–water partition coefficient (Wildman–Crippen LogP) is 2.97. The van der Waals surface area contributed by atoms with E-state index < -0.39 is 0 Å². The summed E-state index contributed by atoms with van der Waals surface area (Å²) in [5.74, 6) is 2.39. The Morgan fingerprint density at radius 1 is 1.24 bits per heavy atom. The number of benzene rings is 1. The summed E-state index contributed by atoms with van der Waals surface area (Å²) >= 11 is 0. The summed E-state index contributed by atoms with van der Waals surface area (Å²) in [4.78, 5) is 11.1. The second-order valence-electron chi connectivity index (χ2n) is 6.84. The van der Waals surface area contributed by atoms with Gasteiger partial charge in [0.05, 0.1) is 26.5 Å². The third-order valence-electron chi connectivity index (χ3n) is 5.00. The maximum atomic E-state index is 5.39. The standard InChI is InChI=1S/C21H29N5O2.HI/c1-15-6-5-8-23-20(15)13-24-21(22-2)25-16-7-9-26(14-16)17-10-18(27-3)12-19(11-17)28-4;/h5-6,8,10-12,16H,7,9,13-14H2,1-4H3,(H2,22,24,25);1H. The Bertz CT molecular complexity index is 808. The molecule has 1 aromatic carbocycles. The molecule has 0 spiro atoms. The Morgan fingerprint density at radius 3 is 2.59 bits per heavy atom. The summed E-state index contributed by atoms with van der Waals surface area (Å²) in [5, 5.41) is 6.88. The van der Waals surface area contributed by atoms with Crippen molar-refractivity contribution < 1.29 is 9.47 Å². The molecule has 0 bridgehead atoms. The summed E-state index contributed by atoms with van der Waals surface area (Å²) in [6.07, 6.45) is 2.85. The highest BCUT2D eigenvalue weighted by Crippen LogP contribution is 2.30. The van der Waals surface area contributed by atoms with Crippen LogP contribution in [0.2, 0.25) is 0 Å². The minimum absolute atomic E-state index is 0. The first-order valence-corrected chi connectivity index (χ1v) is 9.48. The molecular weight excluding hydrogens is 481 g/mol. The number of nitrogens with zero attached hydrogens (tertiary/aromatic N) is 3. The molecule has 1 aliphatic heterocycles. The van der Waals surface area contributed by atoms with Crippen LogP contribution in [-0.4, -0.2) is 51.3 Å². The van der Waals surface area contributed by atoms with Gasteiger partial charge in [-0.1, -0.05) is 6.07 Å². The molecule has 1 fully saturated rings. The van der Waals surface area contributed by atoms with Crippen molar-refractivity contribution in [1.82, 2.24) is 15.6 Å². The average Bonchev–Trinajstić information content (AvgIpc) is 3.20. The van der Waals surface area contributed by atoms with Crippen LogP contribution in [0.15, 0.2) is 41.5 Å². The van der Waals surface area contributed by atoms with Crippen molar-refractivity contribution in [2.75, 3.05) is 39.3 Å². The molecule has 0 saturated carbocycles. The zero-order chi connectivity index (χ0) is 19.9. The summed E-state index contributed by atoms with van der Waals surface area (Å²) < 4.78 is 10.8. The zero-order valence-electron chi connectivity index (χ0n) is 17.4. The first-order chi connectivity index (χ1) is 13.6. The van der Waals surface area contributed by atoms with Crippen LogP contribution in [0.4, 0.5) is 5.69 Å². The summed E-state index contributed by atoms with van der Waals surface area (Å²) in [5.41, 5.74) is 3.30. The second kappa shape index (κ2) is 11.1. The van der Waals surface area contributed by atoms with Gasteiger partial charge in [0, 0.05) is 56.3 Å². The smallest absolute Gasteiger partial charge is 0.191 e. The number of guanidine groups is 1. The number of aliphatic imine (C=N–C) groups is 1. The lowest BCUT2D eigenvalue weighted by Gasteiger charge is -2.21.